The molecule has 0 amide bonds. The van der Waals surface area contributed by atoms with Gasteiger partial charge in [-0.15, -0.1) is 0 Å². The number of ether oxygens (including phenoxy) is 1. The van der Waals surface area contributed by atoms with E-state index < -0.39 is 12.0 Å². The summed E-state index contributed by atoms with van der Waals surface area (Å²) in [7, 11) is 1.23. The van der Waals surface area contributed by atoms with Crippen LogP contribution in [0.4, 0.5) is 0 Å². The van der Waals surface area contributed by atoms with Gasteiger partial charge in [-0.2, -0.15) is 4.99 Å². The molecule has 0 fully saturated rings. The van der Waals surface area contributed by atoms with Gasteiger partial charge in [-0.1, -0.05) is 12.1 Å². The van der Waals surface area contributed by atoms with Gasteiger partial charge in [-0.25, -0.2) is 9.59 Å². The molecule has 1 N–H and O–H groups in total. The van der Waals surface area contributed by atoms with E-state index in [-0.39, 0.29) is 12.2 Å². The van der Waals surface area contributed by atoms with Gasteiger partial charge in [0.05, 0.1) is 7.11 Å². The number of carbonyl (C=O) groups excluding carboxylic acids is 2. The molecule has 0 saturated carbocycles. The van der Waals surface area contributed by atoms with Crippen LogP contribution in [0.3, 0.4) is 0 Å². The van der Waals surface area contributed by atoms with Crippen LogP contribution in [0.2, 0.25) is 0 Å². The fraction of sp³-hybridized carbons (Fsp3) is 0.273. The summed E-state index contributed by atoms with van der Waals surface area (Å²) in [5.74, 6) is -0.450. The minimum atomic E-state index is -0.882. The Kier molecular flexibility index (Phi) is 4.24. The van der Waals surface area contributed by atoms with E-state index in [2.05, 4.69) is 9.73 Å². The minimum Gasteiger partial charge on any atom is -0.508 e. The van der Waals surface area contributed by atoms with Gasteiger partial charge < -0.3 is 9.84 Å². The summed E-state index contributed by atoms with van der Waals surface area (Å²) in [5, 5.41) is 9.07. The van der Waals surface area contributed by atoms with Gasteiger partial charge in [0.25, 0.3) is 0 Å². The molecular formula is C11H11NO4. The van der Waals surface area contributed by atoms with Crippen LogP contribution in [0.1, 0.15) is 5.56 Å². The first kappa shape index (κ1) is 11.9. The Morgan fingerprint density at radius 2 is 2.12 bits per heavy atom. The Morgan fingerprint density at radius 1 is 1.50 bits per heavy atom. The lowest BCUT2D eigenvalue weighted by Gasteiger charge is -2.08. The summed E-state index contributed by atoms with van der Waals surface area (Å²) in [6.45, 7) is 0. The van der Waals surface area contributed by atoms with Gasteiger partial charge in [-0.3, -0.25) is 0 Å². The van der Waals surface area contributed by atoms with E-state index in [0.717, 1.165) is 5.56 Å². The van der Waals surface area contributed by atoms with Gasteiger partial charge in [0.2, 0.25) is 6.08 Å². The summed E-state index contributed by atoms with van der Waals surface area (Å²) in [6, 6.07) is 5.40. The maximum Gasteiger partial charge on any atom is 0.331 e. The molecule has 5 heteroatoms. The van der Waals surface area contributed by atoms with Crippen LogP contribution >= 0.6 is 0 Å². The van der Waals surface area contributed by atoms with Gasteiger partial charge >= 0.3 is 5.97 Å². The summed E-state index contributed by atoms with van der Waals surface area (Å²) in [5.41, 5.74) is 0.771. The number of rotatable bonds is 4. The van der Waals surface area contributed by atoms with E-state index in [1.54, 1.807) is 12.1 Å². The molecule has 0 aliphatic rings. The molecule has 1 rings (SSSR count). The molecule has 0 radical (unpaired) electrons. The van der Waals surface area contributed by atoms with Crippen molar-refractivity contribution < 1.29 is 19.4 Å². The second-order valence-corrected chi connectivity index (χ2v) is 3.13. The number of aliphatic imine (C=N–C) groups is 1. The summed E-state index contributed by atoms with van der Waals surface area (Å²) in [6.07, 6.45) is 1.58. The monoisotopic (exact) mass is 221 g/mol. The topological polar surface area (TPSA) is 76.0 Å². The molecule has 0 heterocycles. The van der Waals surface area contributed by atoms with Crippen molar-refractivity contribution >= 4 is 12.0 Å². The first-order valence-corrected chi connectivity index (χ1v) is 4.60. The number of esters is 1. The Morgan fingerprint density at radius 3 is 2.62 bits per heavy atom. The number of hydrogen-bond acceptors (Lipinski definition) is 5. The zero-order valence-corrected chi connectivity index (χ0v) is 8.71. The average Bonchev–Trinajstić information content (AvgIpc) is 2.30. The second kappa shape index (κ2) is 5.68. The zero-order chi connectivity index (χ0) is 12.0. The summed E-state index contributed by atoms with van der Waals surface area (Å²) in [4.78, 5) is 24.7. The zero-order valence-electron chi connectivity index (χ0n) is 8.71. The fourth-order valence-electron chi connectivity index (χ4n) is 1.24. The molecular weight excluding hydrogens is 210 g/mol. The third kappa shape index (κ3) is 3.22. The quantitative estimate of drug-likeness (QED) is 0.463. The van der Waals surface area contributed by atoms with Crippen molar-refractivity contribution in [2.24, 2.45) is 4.99 Å². The van der Waals surface area contributed by atoms with Crippen molar-refractivity contribution in [2.45, 2.75) is 12.5 Å². The molecule has 0 saturated heterocycles. The first-order chi connectivity index (χ1) is 7.67. The number of carbonyl (C=O) groups is 1. The highest BCUT2D eigenvalue weighted by molar-refractivity contribution is 5.77. The van der Waals surface area contributed by atoms with Crippen LogP contribution in [-0.2, 0) is 20.7 Å². The van der Waals surface area contributed by atoms with Crippen molar-refractivity contribution in [2.75, 3.05) is 7.11 Å². The minimum absolute atomic E-state index is 0.136. The molecule has 16 heavy (non-hydrogen) atoms. The highest BCUT2D eigenvalue weighted by Gasteiger charge is 2.18. The SMILES string of the molecule is COC(=O)C(Cc1ccc(O)cc1)N=C=O. The number of benzene rings is 1. The smallest absolute Gasteiger partial charge is 0.331 e. The molecule has 1 aromatic carbocycles. The number of hydrogen-bond donors (Lipinski definition) is 1. The van der Waals surface area contributed by atoms with E-state index in [9.17, 15) is 9.59 Å². The highest BCUT2D eigenvalue weighted by atomic mass is 16.5. The van der Waals surface area contributed by atoms with Crippen molar-refractivity contribution in [1.29, 1.82) is 0 Å². The molecule has 84 valence electrons. The van der Waals surface area contributed by atoms with Crippen LogP contribution in [0.25, 0.3) is 0 Å². The van der Waals surface area contributed by atoms with Crippen molar-refractivity contribution in [3.05, 3.63) is 29.8 Å². The van der Waals surface area contributed by atoms with E-state index >= 15 is 0 Å². The number of isocyanates is 1. The van der Waals surface area contributed by atoms with Crippen molar-refractivity contribution in [3.8, 4) is 5.75 Å². The lowest BCUT2D eigenvalue weighted by Crippen LogP contribution is -2.22. The lowest BCUT2D eigenvalue weighted by atomic mass is 10.1. The normalized spacial score (nSPS) is 11.3. The molecule has 1 unspecified atom stereocenters. The van der Waals surface area contributed by atoms with E-state index in [4.69, 9.17) is 5.11 Å². The lowest BCUT2D eigenvalue weighted by molar-refractivity contribution is -0.142. The van der Waals surface area contributed by atoms with Crippen LogP contribution in [0.15, 0.2) is 29.3 Å². The predicted molar refractivity (Wildman–Crippen MR) is 55.7 cm³/mol. The fourth-order valence-corrected chi connectivity index (χ4v) is 1.24. The van der Waals surface area contributed by atoms with Crippen LogP contribution in [-0.4, -0.2) is 30.3 Å². The third-order valence-corrected chi connectivity index (χ3v) is 2.05. The Hall–Kier alpha value is -2.13. The molecule has 0 aliphatic heterocycles. The van der Waals surface area contributed by atoms with Crippen LogP contribution in [0.5, 0.6) is 5.75 Å². The number of phenols is 1. The molecule has 1 atom stereocenters. The molecule has 0 bridgehead atoms. The Labute approximate surface area is 92.4 Å². The van der Waals surface area contributed by atoms with Crippen LogP contribution < -0.4 is 0 Å². The summed E-state index contributed by atoms with van der Waals surface area (Å²) >= 11 is 0. The maximum atomic E-state index is 11.2. The van der Waals surface area contributed by atoms with Gasteiger partial charge in [0.1, 0.15) is 5.75 Å². The molecule has 1 aromatic rings. The number of nitrogens with zero attached hydrogens (tertiary/aromatic N) is 1. The van der Waals surface area contributed by atoms with E-state index in [0.29, 0.717) is 0 Å². The third-order valence-electron chi connectivity index (χ3n) is 2.05. The van der Waals surface area contributed by atoms with E-state index in [1.807, 2.05) is 0 Å². The Bertz CT molecular complexity index is 406. The largest absolute Gasteiger partial charge is 0.508 e. The number of phenolic OH excluding ortho intramolecular Hbond substituents is 1. The van der Waals surface area contributed by atoms with Crippen molar-refractivity contribution in [1.82, 2.24) is 0 Å². The van der Waals surface area contributed by atoms with Gasteiger partial charge in [0.15, 0.2) is 6.04 Å². The van der Waals surface area contributed by atoms with Crippen molar-refractivity contribution in [3.63, 3.8) is 0 Å². The first-order valence-electron chi connectivity index (χ1n) is 4.60. The van der Waals surface area contributed by atoms with Crippen LogP contribution in [0, 0.1) is 0 Å². The maximum absolute atomic E-state index is 11.2. The number of aromatic hydroxyl groups is 1. The molecule has 0 aliphatic carbocycles. The standard InChI is InChI=1S/C11H11NO4/c1-16-11(15)10(12-7-13)6-8-2-4-9(14)5-3-8/h2-5,10,14H,6H2,1H3. The molecule has 0 aromatic heterocycles. The predicted octanol–water partition coefficient (Wildman–Crippen LogP) is 0.812. The average molecular weight is 221 g/mol. The molecule has 0 spiro atoms. The molecule has 5 nitrogen and oxygen atoms in total. The number of methoxy groups -OCH3 is 1. The van der Waals surface area contributed by atoms with Gasteiger partial charge in [-0.05, 0) is 17.7 Å². The van der Waals surface area contributed by atoms with E-state index in [1.165, 1.54) is 25.3 Å². The highest BCUT2D eigenvalue weighted by Crippen LogP contribution is 2.12. The van der Waals surface area contributed by atoms with Gasteiger partial charge in [0, 0.05) is 6.42 Å². The second-order valence-electron chi connectivity index (χ2n) is 3.13. The Balaban J connectivity index is 2.79. The summed E-state index contributed by atoms with van der Waals surface area (Å²) < 4.78 is 4.50.